The van der Waals surface area contributed by atoms with Gasteiger partial charge in [0, 0.05) is 0 Å². The van der Waals surface area contributed by atoms with Crippen LogP contribution in [0.5, 0.6) is 0 Å². The standard InChI is InChI=1S/C7H13IO/c1-2-8-4-3-6-7(5-8)9-6/h6-7H,2-5H2,1H3/t6-,7-/m1/s1. The van der Waals surface area contributed by atoms with E-state index >= 15 is 0 Å². The third kappa shape index (κ3) is 1.24. The number of rotatable bonds is 1. The van der Waals surface area contributed by atoms with E-state index in [1.165, 1.54) is 15.3 Å². The Morgan fingerprint density at radius 3 is 3.11 bits per heavy atom. The molecule has 0 bridgehead atoms. The van der Waals surface area contributed by atoms with Crippen LogP contribution in [-0.4, -0.2) is 25.5 Å². The van der Waals surface area contributed by atoms with Crippen molar-refractivity contribution in [3.8, 4) is 0 Å². The number of alkyl halides is 3. The van der Waals surface area contributed by atoms with Gasteiger partial charge in [0.05, 0.1) is 0 Å². The maximum atomic E-state index is 5.45. The fraction of sp³-hybridized carbons (Fsp3) is 1.00. The van der Waals surface area contributed by atoms with Crippen molar-refractivity contribution >= 4 is 19.8 Å². The Kier molecular flexibility index (Phi) is 1.69. The summed E-state index contributed by atoms with van der Waals surface area (Å²) >= 11 is -0.404. The van der Waals surface area contributed by atoms with Gasteiger partial charge in [0.2, 0.25) is 0 Å². The zero-order chi connectivity index (χ0) is 6.27. The normalized spacial score (nSPS) is 44.3. The van der Waals surface area contributed by atoms with Gasteiger partial charge in [-0.25, -0.2) is 0 Å². The fourth-order valence-electron chi connectivity index (χ4n) is 1.37. The summed E-state index contributed by atoms with van der Waals surface area (Å²) in [4.78, 5) is 0. The summed E-state index contributed by atoms with van der Waals surface area (Å²) in [6.07, 6.45) is 2.89. The van der Waals surface area contributed by atoms with Crippen LogP contribution in [0.25, 0.3) is 0 Å². The van der Waals surface area contributed by atoms with Crippen LogP contribution in [0.2, 0.25) is 0 Å². The maximum absolute atomic E-state index is 5.45. The van der Waals surface area contributed by atoms with Crippen LogP contribution in [0, 0.1) is 0 Å². The van der Waals surface area contributed by atoms with Crippen LogP contribution >= 0.6 is 19.8 Å². The second-order valence-corrected chi connectivity index (χ2v) is 9.40. The van der Waals surface area contributed by atoms with Crippen LogP contribution in [0.15, 0.2) is 0 Å². The number of ether oxygens (including phenoxy) is 1. The van der Waals surface area contributed by atoms with Gasteiger partial charge in [-0.15, -0.1) is 0 Å². The Hall–Kier alpha value is 0.690. The molecule has 54 valence electrons. The van der Waals surface area contributed by atoms with E-state index in [2.05, 4.69) is 6.92 Å². The summed E-state index contributed by atoms with van der Waals surface area (Å²) < 4.78 is 10.0. The SMILES string of the molecule is CCI1CC[C@H]2O[C@@H]2C1. The molecule has 0 aromatic rings. The number of fused-ring (bicyclic) bond motifs is 1. The van der Waals surface area contributed by atoms with Crippen molar-refractivity contribution in [2.24, 2.45) is 0 Å². The Labute approximate surface area is 63.5 Å². The molecule has 9 heavy (non-hydrogen) atoms. The van der Waals surface area contributed by atoms with Crippen molar-refractivity contribution in [1.29, 1.82) is 0 Å². The monoisotopic (exact) mass is 240 g/mol. The molecular weight excluding hydrogens is 227 g/mol. The molecule has 0 radical (unpaired) electrons. The van der Waals surface area contributed by atoms with Crippen molar-refractivity contribution in [2.45, 2.75) is 25.6 Å². The summed E-state index contributed by atoms with van der Waals surface area (Å²) in [5.41, 5.74) is 0. The summed E-state index contributed by atoms with van der Waals surface area (Å²) in [6.45, 7) is 2.35. The third-order valence-corrected chi connectivity index (χ3v) is 8.52. The molecule has 0 spiro atoms. The van der Waals surface area contributed by atoms with Gasteiger partial charge in [-0.05, 0) is 0 Å². The van der Waals surface area contributed by atoms with Crippen molar-refractivity contribution in [1.82, 2.24) is 0 Å². The minimum atomic E-state index is -0.404. The first kappa shape index (κ1) is 6.40. The van der Waals surface area contributed by atoms with E-state index in [4.69, 9.17) is 4.74 Å². The van der Waals surface area contributed by atoms with Crippen LogP contribution in [0.1, 0.15) is 13.3 Å². The fourth-order valence-corrected chi connectivity index (χ4v) is 6.69. The van der Waals surface area contributed by atoms with Crippen molar-refractivity contribution in [2.75, 3.05) is 13.3 Å². The minimum absolute atomic E-state index is 0.404. The molecule has 1 nitrogen and oxygen atoms in total. The van der Waals surface area contributed by atoms with E-state index in [1.54, 1.807) is 4.43 Å². The van der Waals surface area contributed by atoms with E-state index in [0.717, 1.165) is 12.2 Å². The van der Waals surface area contributed by atoms with Crippen LogP contribution in [0.4, 0.5) is 0 Å². The average molecular weight is 240 g/mol. The molecule has 0 amide bonds. The van der Waals surface area contributed by atoms with Crippen molar-refractivity contribution in [3.05, 3.63) is 0 Å². The summed E-state index contributed by atoms with van der Waals surface area (Å²) in [7, 11) is 0. The molecule has 0 aromatic carbocycles. The molecule has 2 rings (SSSR count). The first-order chi connectivity index (χ1) is 4.40. The van der Waals surface area contributed by atoms with Gasteiger partial charge in [0.25, 0.3) is 0 Å². The predicted molar refractivity (Wildman–Crippen MR) is 47.6 cm³/mol. The van der Waals surface area contributed by atoms with E-state index in [9.17, 15) is 0 Å². The molecule has 2 aliphatic rings. The molecule has 0 aliphatic carbocycles. The van der Waals surface area contributed by atoms with Crippen LogP contribution in [-0.2, 0) is 4.74 Å². The number of hydrogen-bond acceptors (Lipinski definition) is 1. The van der Waals surface area contributed by atoms with Gasteiger partial charge in [-0.2, -0.15) is 0 Å². The van der Waals surface area contributed by atoms with Gasteiger partial charge in [-0.3, -0.25) is 0 Å². The molecule has 0 unspecified atom stereocenters. The first-order valence-corrected chi connectivity index (χ1v) is 8.21. The van der Waals surface area contributed by atoms with Gasteiger partial charge in [0.15, 0.2) is 0 Å². The quantitative estimate of drug-likeness (QED) is 0.386. The number of hydrogen-bond donors (Lipinski definition) is 0. The van der Waals surface area contributed by atoms with E-state index in [-0.39, 0.29) is 0 Å². The van der Waals surface area contributed by atoms with Gasteiger partial charge in [0.1, 0.15) is 0 Å². The summed E-state index contributed by atoms with van der Waals surface area (Å²) in [5.74, 6) is 0. The molecule has 0 aromatic heterocycles. The molecular formula is C7H13IO. The first-order valence-electron chi connectivity index (χ1n) is 3.63. The zero-order valence-electron chi connectivity index (χ0n) is 5.77. The molecule has 2 heterocycles. The molecule has 2 saturated heterocycles. The molecule has 0 N–H and O–H groups in total. The van der Waals surface area contributed by atoms with Crippen LogP contribution < -0.4 is 0 Å². The summed E-state index contributed by atoms with van der Waals surface area (Å²) in [5, 5.41) is 0. The van der Waals surface area contributed by atoms with Gasteiger partial charge in [-0.1, -0.05) is 0 Å². The Morgan fingerprint density at radius 2 is 2.44 bits per heavy atom. The van der Waals surface area contributed by atoms with Gasteiger partial charge < -0.3 is 0 Å². The Bertz CT molecular complexity index is 115. The van der Waals surface area contributed by atoms with Crippen molar-refractivity contribution in [3.63, 3.8) is 0 Å². The van der Waals surface area contributed by atoms with Gasteiger partial charge >= 0.3 is 63.4 Å². The second kappa shape index (κ2) is 2.38. The molecule has 2 heteroatoms. The summed E-state index contributed by atoms with van der Waals surface area (Å²) in [6, 6.07) is 0. The number of epoxide rings is 1. The van der Waals surface area contributed by atoms with E-state index < -0.39 is 19.8 Å². The van der Waals surface area contributed by atoms with Crippen molar-refractivity contribution < 1.29 is 4.74 Å². The molecule has 2 aliphatic heterocycles. The van der Waals surface area contributed by atoms with E-state index in [1.807, 2.05) is 0 Å². The molecule has 2 atom stereocenters. The Morgan fingerprint density at radius 1 is 1.56 bits per heavy atom. The van der Waals surface area contributed by atoms with Crippen LogP contribution in [0.3, 0.4) is 0 Å². The second-order valence-electron chi connectivity index (χ2n) is 2.68. The third-order valence-electron chi connectivity index (χ3n) is 2.10. The molecule has 2 fully saturated rings. The topological polar surface area (TPSA) is 12.5 Å². The predicted octanol–water partition coefficient (Wildman–Crippen LogP) is 1.68. The Balaban J connectivity index is 1.86. The number of halogens is 1. The van der Waals surface area contributed by atoms with E-state index in [0.29, 0.717) is 0 Å². The zero-order valence-corrected chi connectivity index (χ0v) is 7.93. The molecule has 0 saturated carbocycles. The average Bonchev–Trinajstić information content (AvgIpc) is 2.64.